The summed E-state index contributed by atoms with van der Waals surface area (Å²) in [5.41, 5.74) is 6.12. The van der Waals surface area contributed by atoms with Crippen LogP contribution in [0, 0.1) is 11.8 Å². The van der Waals surface area contributed by atoms with E-state index in [1.165, 1.54) is 34.3 Å². The lowest BCUT2D eigenvalue weighted by atomic mass is 9.85. The number of hydrogen-bond acceptors (Lipinski definition) is 9. The smallest absolute Gasteiger partial charge is 0.405 e. The van der Waals surface area contributed by atoms with Gasteiger partial charge in [0.1, 0.15) is 6.10 Å². The van der Waals surface area contributed by atoms with Gasteiger partial charge in [-0.1, -0.05) is 38.2 Å². The fourth-order valence-corrected chi connectivity index (χ4v) is 4.78. The first-order chi connectivity index (χ1) is 18.8. The molecule has 1 heterocycles. The maximum atomic E-state index is 13.3. The monoisotopic (exact) mass is 560 g/mol. The molecule has 0 aromatic heterocycles. The molecule has 2 aliphatic rings. The Hall–Kier alpha value is -3.54. The van der Waals surface area contributed by atoms with Crippen LogP contribution in [0.4, 0.5) is 4.79 Å². The Labute approximate surface area is 234 Å². The molecule has 2 bridgehead atoms. The van der Waals surface area contributed by atoms with E-state index in [1.807, 2.05) is 6.92 Å². The van der Waals surface area contributed by atoms with Gasteiger partial charge >= 0.3 is 6.09 Å². The minimum absolute atomic E-state index is 0.0801. The number of ketones is 2. The first-order valence-corrected chi connectivity index (χ1v) is 13.0. The molecule has 0 unspecified atom stereocenters. The molecule has 0 aromatic carbocycles. The van der Waals surface area contributed by atoms with Crippen LogP contribution in [0.25, 0.3) is 0 Å². The summed E-state index contributed by atoms with van der Waals surface area (Å²) in [6, 6.07) is 0. The van der Waals surface area contributed by atoms with Gasteiger partial charge in [-0.2, -0.15) is 0 Å². The number of ether oxygens (including phenoxy) is 4. The Bertz CT molecular complexity index is 1150. The van der Waals surface area contributed by atoms with Crippen molar-refractivity contribution in [3.05, 3.63) is 58.6 Å². The Morgan fingerprint density at radius 2 is 1.77 bits per heavy atom. The lowest BCUT2D eigenvalue weighted by Gasteiger charge is -2.29. The van der Waals surface area contributed by atoms with Gasteiger partial charge in [-0.3, -0.25) is 14.4 Å². The number of Topliss-reactive ketones (excluding diaryl/α,β-unsaturated/α-hetero) is 1. The number of hydrogen-bond donors (Lipinski definition) is 3. The van der Waals surface area contributed by atoms with E-state index >= 15 is 0 Å². The lowest BCUT2D eigenvalue weighted by molar-refractivity contribution is -0.120. The molecule has 0 spiro atoms. The minimum atomic E-state index is -1.00. The molecule has 0 radical (unpaired) electrons. The number of nitrogens with two attached hydrogens (primary N) is 1. The lowest BCUT2D eigenvalue weighted by Crippen LogP contribution is -2.37. The fourth-order valence-electron chi connectivity index (χ4n) is 4.78. The SMILES string of the molecule is COC1=C2C[C@H](C)C[C@H](OC)[C@H](O)[C@@H](C)/C=C(/C)[C@H](OC(N)=O)[C@@H](OC)/C=C\C=C(\C)C(=O)NC(=CC1=O)C2=O. The molecule has 220 valence electrons. The van der Waals surface area contributed by atoms with Crippen molar-refractivity contribution in [2.45, 2.75) is 65.0 Å². The molecule has 11 nitrogen and oxygen atoms in total. The highest BCUT2D eigenvalue weighted by Gasteiger charge is 2.34. The summed E-state index contributed by atoms with van der Waals surface area (Å²) < 4.78 is 21.7. The number of fused-ring (bicyclic) bond motifs is 2. The summed E-state index contributed by atoms with van der Waals surface area (Å²) in [4.78, 5) is 50.6. The number of amides is 2. The summed E-state index contributed by atoms with van der Waals surface area (Å²) in [5, 5.41) is 13.7. The highest BCUT2D eigenvalue weighted by Crippen LogP contribution is 2.29. The van der Waals surface area contributed by atoms with Gasteiger partial charge in [0, 0.05) is 37.4 Å². The average molecular weight is 561 g/mol. The molecule has 0 saturated carbocycles. The van der Waals surface area contributed by atoms with Crippen LogP contribution in [0.5, 0.6) is 0 Å². The average Bonchev–Trinajstić information content (AvgIpc) is 2.90. The Balaban J connectivity index is 2.60. The van der Waals surface area contributed by atoms with Gasteiger partial charge in [0.25, 0.3) is 5.91 Å². The van der Waals surface area contributed by atoms with Crippen LogP contribution in [0.15, 0.2) is 58.6 Å². The van der Waals surface area contributed by atoms with Gasteiger partial charge in [-0.25, -0.2) is 4.79 Å². The third-order valence-electron chi connectivity index (χ3n) is 6.95. The molecule has 0 fully saturated rings. The number of rotatable bonds is 4. The van der Waals surface area contributed by atoms with Crippen molar-refractivity contribution in [1.82, 2.24) is 5.32 Å². The topological polar surface area (TPSA) is 163 Å². The van der Waals surface area contributed by atoms with Gasteiger partial charge in [0.15, 0.2) is 11.9 Å². The summed E-state index contributed by atoms with van der Waals surface area (Å²) in [6.07, 6.45) is 3.61. The molecule has 40 heavy (non-hydrogen) atoms. The van der Waals surface area contributed by atoms with Crippen molar-refractivity contribution in [2.75, 3.05) is 21.3 Å². The molecule has 11 heteroatoms. The van der Waals surface area contributed by atoms with Crippen molar-refractivity contribution in [3.63, 3.8) is 0 Å². The summed E-state index contributed by atoms with van der Waals surface area (Å²) in [7, 11) is 4.21. The predicted octanol–water partition coefficient (Wildman–Crippen LogP) is 2.41. The molecular weight excluding hydrogens is 520 g/mol. The number of aliphatic hydroxyl groups excluding tert-OH is 1. The van der Waals surface area contributed by atoms with Crippen molar-refractivity contribution in [1.29, 1.82) is 0 Å². The third-order valence-corrected chi connectivity index (χ3v) is 6.95. The molecule has 0 aromatic rings. The van der Waals surface area contributed by atoms with Gasteiger partial charge in [0.05, 0.1) is 25.0 Å². The van der Waals surface area contributed by atoms with Gasteiger partial charge in [-0.15, -0.1) is 0 Å². The third kappa shape index (κ3) is 8.23. The van der Waals surface area contributed by atoms with Crippen molar-refractivity contribution in [3.8, 4) is 0 Å². The number of methoxy groups -OCH3 is 3. The zero-order chi connectivity index (χ0) is 30.1. The maximum Gasteiger partial charge on any atom is 0.405 e. The van der Waals surface area contributed by atoms with Crippen LogP contribution in [0.3, 0.4) is 0 Å². The summed E-state index contributed by atoms with van der Waals surface area (Å²) in [6.45, 7) is 6.92. The normalized spacial score (nSPS) is 32.7. The quantitative estimate of drug-likeness (QED) is 0.346. The molecule has 1 aliphatic carbocycles. The highest BCUT2D eigenvalue weighted by atomic mass is 16.6. The van der Waals surface area contributed by atoms with Gasteiger partial charge < -0.3 is 35.1 Å². The maximum absolute atomic E-state index is 13.3. The van der Waals surface area contributed by atoms with E-state index in [9.17, 15) is 24.3 Å². The van der Waals surface area contributed by atoms with Crippen LogP contribution in [-0.2, 0) is 33.3 Å². The zero-order valence-corrected chi connectivity index (χ0v) is 24.1. The molecule has 1 aliphatic heterocycles. The fraction of sp³-hybridized carbons (Fsp3) is 0.517. The van der Waals surface area contributed by atoms with Gasteiger partial charge in [-0.05, 0) is 38.2 Å². The predicted molar refractivity (Wildman–Crippen MR) is 147 cm³/mol. The first kappa shape index (κ1) is 32.7. The molecule has 6 atom stereocenters. The number of allylic oxidation sites excluding steroid dienone is 4. The highest BCUT2D eigenvalue weighted by molar-refractivity contribution is 6.23. The van der Waals surface area contributed by atoms with E-state index in [-0.39, 0.29) is 34.9 Å². The number of aliphatic hydroxyl groups is 1. The zero-order valence-electron chi connectivity index (χ0n) is 24.1. The van der Waals surface area contributed by atoms with E-state index in [4.69, 9.17) is 24.7 Å². The standard InChI is InChI=1S/C29H40N2O9/c1-15-11-19-25(34)20(14-21(32)27(19)39-7)31-28(35)16(2)9-8-10-22(37-5)26(40-29(30)36)18(4)13-17(3)24(33)23(12-15)38-6/h8-10,13-15,17,22-24,26,33H,11-12H2,1-7H3,(H2,30,36)(H,31,35)/b10-8-,16-9-,18-13-/t15-,17-,22-,23-,24+,26-/m0/s1. The van der Waals surface area contributed by atoms with E-state index in [1.54, 1.807) is 32.1 Å². The first-order valence-electron chi connectivity index (χ1n) is 13.0. The van der Waals surface area contributed by atoms with Crippen LogP contribution in [0.2, 0.25) is 0 Å². The second-order valence-electron chi connectivity index (χ2n) is 10.1. The molecule has 2 amide bonds. The van der Waals surface area contributed by atoms with Crippen molar-refractivity contribution in [2.24, 2.45) is 17.6 Å². The Morgan fingerprint density at radius 1 is 1.10 bits per heavy atom. The van der Waals surface area contributed by atoms with Crippen LogP contribution in [0.1, 0.15) is 40.5 Å². The second-order valence-corrected chi connectivity index (χ2v) is 10.1. The number of carbonyl (C=O) groups excluding carboxylic acids is 4. The van der Waals surface area contributed by atoms with Gasteiger partial charge in [0.2, 0.25) is 11.6 Å². The molecule has 4 N–H and O–H groups in total. The number of primary amides is 1. The minimum Gasteiger partial charge on any atom is -0.492 e. The van der Waals surface area contributed by atoms with Crippen LogP contribution >= 0.6 is 0 Å². The van der Waals surface area contributed by atoms with Crippen LogP contribution < -0.4 is 11.1 Å². The molecule has 2 rings (SSSR count). The summed E-state index contributed by atoms with van der Waals surface area (Å²) >= 11 is 0. The van der Waals surface area contributed by atoms with E-state index < -0.39 is 53.9 Å². The second kappa shape index (κ2) is 14.7. The van der Waals surface area contributed by atoms with E-state index in [2.05, 4.69) is 5.32 Å². The Morgan fingerprint density at radius 3 is 2.35 bits per heavy atom. The number of carbonyl (C=O) groups is 4. The molecule has 0 saturated heterocycles. The van der Waals surface area contributed by atoms with E-state index in [0.717, 1.165) is 6.08 Å². The van der Waals surface area contributed by atoms with Crippen molar-refractivity contribution < 1.29 is 43.2 Å². The van der Waals surface area contributed by atoms with E-state index in [0.29, 0.717) is 12.0 Å². The number of nitrogens with one attached hydrogen (secondary N) is 1. The van der Waals surface area contributed by atoms with Crippen molar-refractivity contribution >= 4 is 23.6 Å². The Kier molecular flexibility index (Phi) is 12.0. The van der Waals surface area contributed by atoms with Crippen LogP contribution in [-0.4, -0.2) is 74.4 Å². The molecular formula is C29H40N2O9. The summed E-state index contributed by atoms with van der Waals surface area (Å²) in [5.74, 6) is -2.39. The largest absolute Gasteiger partial charge is 0.492 e.